The summed E-state index contributed by atoms with van der Waals surface area (Å²) < 4.78 is 5.82. The molecule has 102 valence electrons. The second-order valence-electron chi connectivity index (χ2n) is 4.95. The van der Waals surface area contributed by atoms with Gasteiger partial charge in [0.15, 0.2) is 0 Å². The van der Waals surface area contributed by atoms with E-state index < -0.39 is 0 Å². The maximum Gasteiger partial charge on any atom is 0.255 e. The van der Waals surface area contributed by atoms with E-state index in [2.05, 4.69) is 12.2 Å². The molecule has 19 heavy (non-hydrogen) atoms. The van der Waals surface area contributed by atoms with Crippen LogP contribution in [0.4, 0.5) is 0 Å². The summed E-state index contributed by atoms with van der Waals surface area (Å²) in [6.07, 6.45) is 5.01. The van der Waals surface area contributed by atoms with Crippen LogP contribution in [-0.4, -0.2) is 18.6 Å². The normalized spacial score (nSPS) is 21.2. The topological polar surface area (TPSA) is 38.3 Å². The van der Waals surface area contributed by atoms with Crippen LogP contribution in [0.25, 0.3) is 0 Å². The van der Waals surface area contributed by atoms with E-state index in [1.807, 2.05) is 44.2 Å². The quantitative estimate of drug-likeness (QED) is 0.665. The van der Waals surface area contributed by atoms with E-state index in [0.717, 1.165) is 17.7 Å². The number of hydrogen-bond donors (Lipinski definition) is 1. The van der Waals surface area contributed by atoms with Gasteiger partial charge in [0.05, 0.1) is 5.56 Å². The highest BCUT2D eigenvalue weighted by atomic mass is 16.5. The molecule has 0 aliphatic carbocycles. The highest BCUT2D eigenvalue weighted by Crippen LogP contribution is 2.40. The minimum atomic E-state index is -0.0531. The molecule has 1 N–H and O–H groups in total. The van der Waals surface area contributed by atoms with Gasteiger partial charge in [0.1, 0.15) is 11.9 Å². The van der Waals surface area contributed by atoms with Crippen molar-refractivity contribution in [2.75, 3.05) is 6.54 Å². The van der Waals surface area contributed by atoms with Gasteiger partial charge in [-0.25, -0.2) is 0 Å². The van der Waals surface area contributed by atoms with Crippen LogP contribution in [0, 0.1) is 0 Å². The Morgan fingerprint density at radius 3 is 2.95 bits per heavy atom. The molecular formula is C16H21NO2. The Bertz CT molecular complexity index is 494. The predicted molar refractivity (Wildman–Crippen MR) is 76.7 cm³/mol. The summed E-state index contributed by atoms with van der Waals surface area (Å²) in [4.78, 5) is 12.2. The van der Waals surface area contributed by atoms with Crippen LogP contribution in [0.15, 0.2) is 30.4 Å². The van der Waals surface area contributed by atoms with Gasteiger partial charge in [-0.1, -0.05) is 31.2 Å². The van der Waals surface area contributed by atoms with Crippen molar-refractivity contribution in [3.05, 3.63) is 41.5 Å². The number of carbonyl (C=O) groups is 1. The average molecular weight is 259 g/mol. The molecule has 1 aromatic rings. The number of ether oxygens (including phenoxy) is 1. The lowest BCUT2D eigenvalue weighted by Crippen LogP contribution is -2.24. The van der Waals surface area contributed by atoms with Gasteiger partial charge in [0.2, 0.25) is 0 Å². The molecule has 0 fully saturated rings. The number of carbonyl (C=O) groups excluding carboxylic acids is 1. The van der Waals surface area contributed by atoms with Crippen LogP contribution in [0.3, 0.4) is 0 Å². The number of para-hydroxylation sites is 1. The zero-order valence-electron chi connectivity index (χ0n) is 11.8. The summed E-state index contributed by atoms with van der Waals surface area (Å²) in [6, 6.07) is 5.80. The summed E-state index contributed by atoms with van der Waals surface area (Å²) in [5.74, 6) is 1.04. The van der Waals surface area contributed by atoms with Crippen molar-refractivity contribution >= 4 is 5.91 Å². The average Bonchev–Trinajstić information content (AvgIpc) is 2.70. The van der Waals surface area contributed by atoms with Gasteiger partial charge in [-0.2, -0.15) is 0 Å². The molecule has 2 rings (SSSR count). The zero-order chi connectivity index (χ0) is 13.8. The Balaban J connectivity index is 2.12. The first-order valence-corrected chi connectivity index (χ1v) is 6.84. The molecule has 2 atom stereocenters. The van der Waals surface area contributed by atoms with Gasteiger partial charge in [0, 0.05) is 18.0 Å². The van der Waals surface area contributed by atoms with Crippen LogP contribution in [0.5, 0.6) is 5.75 Å². The second kappa shape index (κ2) is 5.91. The van der Waals surface area contributed by atoms with Gasteiger partial charge < -0.3 is 10.1 Å². The molecule has 0 bridgehead atoms. The van der Waals surface area contributed by atoms with Crippen molar-refractivity contribution in [2.45, 2.75) is 39.2 Å². The van der Waals surface area contributed by atoms with Crippen molar-refractivity contribution in [1.82, 2.24) is 5.32 Å². The highest BCUT2D eigenvalue weighted by Gasteiger charge is 2.30. The molecular weight excluding hydrogens is 238 g/mol. The molecule has 1 heterocycles. The Hall–Kier alpha value is -1.77. The number of benzene rings is 1. The van der Waals surface area contributed by atoms with Gasteiger partial charge in [-0.05, 0) is 26.3 Å². The maximum atomic E-state index is 12.2. The van der Waals surface area contributed by atoms with E-state index in [1.54, 1.807) is 0 Å². The van der Waals surface area contributed by atoms with Crippen molar-refractivity contribution in [3.8, 4) is 5.75 Å². The molecule has 3 nitrogen and oxygen atoms in total. The van der Waals surface area contributed by atoms with Gasteiger partial charge in [0.25, 0.3) is 5.91 Å². The zero-order valence-corrected chi connectivity index (χ0v) is 11.8. The molecule has 0 spiro atoms. The first-order chi connectivity index (χ1) is 9.15. The smallest absolute Gasteiger partial charge is 0.255 e. The number of amides is 1. The molecule has 2 unspecified atom stereocenters. The maximum absolute atomic E-state index is 12.2. The Morgan fingerprint density at radius 1 is 1.42 bits per heavy atom. The largest absolute Gasteiger partial charge is 0.489 e. The molecule has 3 heteroatoms. The molecule has 1 aliphatic rings. The lowest BCUT2D eigenvalue weighted by molar-refractivity contribution is 0.0949. The fourth-order valence-electron chi connectivity index (χ4n) is 2.30. The molecule has 0 saturated carbocycles. The fraction of sp³-hybridized carbons (Fsp3) is 0.438. The van der Waals surface area contributed by atoms with Crippen molar-refractivity contribution in [1.29, 1.82) is 0 Å². The van der Waals surface area contributed by atoms with Gasteiger partial charge in [-0.15, -0.1) is 0 Å². The molecule has 1 amide bonds. The molecule has 1 aliphatic heterocycles. The van der Waals surface area contributed by atoms with Crippen molar-refractivity contribution < 1.29 is 9.53 Å². The Morgan fingerprint density at radius 2 is 2.21 bits per heavy atom. The molecule has 0 aromatic heterocycles. The molecule has 1 aromatic carbocycles. The van der Waals surface area contributed by atoms with Crippen LogP contribution >= 0.6 is 0 Å². The minimum Gasteiger partial charge on any atom is -0.489 e. The number of rotatable bonds is 4. The first-order valence-electron chi connectivity index (χ1n) is 6.84. The SMILES string of the molecule is C/C=C/CCNC(=O)c1cccc2c1OC(C)C2C. The molecule has 0 saturated heterocycles. The van der Waals surface area contributed by atoms with Gasteiger partial charge in [-0.3, -0.25) is 4.79 Å². The summed E-state index contributed by atoms with van der Waals surface area (Å²) in [6.45, 7) is 6.79. The third-order valence-corrected chi connectivity index (χ3v) is 3.62. The van der Waals surface area contributed by atoms with Crippen LogP contribution in [-0.2, 0) is 0 Å². The van der Waals surface area contributed by atoms with E-state index in [-0.39, 0.29) is 12.0 Å². The third-order valence-electron chi connectivity index (χ3n) is 3.62. The number of allylic oxidation sites excluding steroid dienone is 1. The number of fused-ring (bicyclic) bond motifs is 1. The van der Waals surface area contributed by atoms with Crippen LogP contribution < -0.4 is 10.1 Å². The predicted octanol–water partition coefficient (Wildman–Crippen LogP) is 3.27. The monoisotopic (exact) mass is 259 g/mol. The van der Waals surface area contributed by atoms with Crippen molar-refractivity contribution in [2.24, 2.45) is 0 Å². The minimum absolute atomic E-state index is 0.0531. The number of nitrogens with one attached hydrogen (secondary N) is 1. The van der Waals surface area contributed by atoms with E-state index in [1.165, 1.54) is 0 Å². The van der Waals surface area contributed by atoms with E-state index in [0.29, 0.717) is 18.0 Å². The van der Waals surface area contributed by atoms with E-state index in [4.69, 9.17) is 4.74 Å². The summed E-state index contributed by atoms with van der Waals surface area (Å²) >= 11 is 0. The highest BCUT2D eigenvalue weighted by molar-refractivity contribution is 5.97. The fourth-order valence-corrected chi connectivity index (χ4v) is 2.30. The number of hydrogen-bond acceptors (Lipinski definition) is 2. The van der Waals surface area contributed by atoms with Crippen LogP contribution in [0.1, 0.15) is 49.0 Å². The van der Waals surface area contributed by atoms with Gasteiger partial charge >= 0.3 is 0 Å². The second-order valence-corrected chi connectivity index (χ2v) is 4.95. The Kier molecular flexibility index (Phi) is 4.25. The van der Waals surface area contributed by atoms with E-state index >= 15 is 0 Å². The summed E-state index contributed by atoms with van der Waals surface area (Å²) in [5, 5.41) is 2.92. The molecule has 0 radical (unpaired) electrons. The lowest BCUT2D eigenvalue weighted by atomic mass is 9.97. The van der Waals surface area contributed by atoms with Crippen molar-refractivity contribution in [3.63, 3.8) is 0 Å². The lowest BCUT2D eigenvalue weighted by Gasteiger charge is -2.09. The summed E-state index contributed by atoms with van der Waals surface area (Å²) in [5.41, 5.74) is 1.78. The summed E-state index contributed by atoms with van der Waals surface area (Å²) in [7, 11) is 0. The van der Waals surface area contributed by atoms with Crippen LogP contribution in [0.2, 0.25) is 0 Å². The first kappa shape index (κ1) is 13.7. The van der Waals surface area contributed by atoms with E-state index in [9.17, 15) is 4.79 Å². The standard InChI is InChI=1S/C16H21NO2/c1-4-5-6-10-17-16(18)14-9-7-8-13-11(2)12(3)19-15(13)14/h4-5,7-9,11-12H,6,10H2,1-3H3,(H,17,18)/b5-4+. The Labute approximate surface area is 114 Å². The third kappa shape index (κ3) is 2.80.